The van der Waals surface area contributed by atoms with E-state index in [-0.39, 0.29) is 12.0 Å². The first-order chi connectivity index (χ1) is 10.9. The predicted octanol–water partition coefficient (Wildman–Crippen LogP) is 4.08. The summed E-state index contributed by atoms with van der Waals surface area (Å²) in [5, 5.41) is 2.83. The number of anilines is 2. The monoisotopic (exact) mass is 378 g/mol. The van der Waals surface area contributed by atoms with Crippen LogP contribution in [0.25, 0.3) is 0 Å². The lowest BCUT2D eigenvalue weighted by Gasteiger charge is -2.14. The second-order valence-electron chi connectivity index (χ2n) is 5.23. The highest BCUT2D eigenvalue weighted by Gasteiger charge is 2.14. The highest BCUT2D eigenvalue weighted by atomic mass is 79.9. The molecule has 23 heavy (non-hydrogen) atoms. The fourth-order valence-electron chi connectivity index (χ4n) is 2.03. The van der Waals surface area contributed by atoms with Crippen molar-refractivity contribution in [1.82, 2.24) is 0 Å². The highest BCUT2D eigenvalue weighted by Crippen LogP contribution is 2.35. The number of hydrogen-bond acceptors (Lipinski definition) is 4. The fourth-order valence-corrected chi connectivity index (χ4v) is 2.59. The lowest BCUT2D eigenvalue weighted by Crippen LogP contribution is -2.13. The van der Waals surface area contributed by atoms with Crippen molar-refractivity contribution in [3.63, 3.8) is 0 Å². The largest absolute Gasteiger partial charge is 0.494 e. The summed E-state index contributed by atoms with van der Waals surface area (Å²) in [5.41, 5.74) is 7.37. The zero-order chi connectivity index (χ0) is 17.0. The van der Waals surface area contributed by atoms with Gasteiger partial charge in [0.25, 0.3) is 5.91 Å². The first-order valence-electron chi connectivity index (χ1n) is 7.11. The second kappa shape index (κ2) is 7.37. The third-order valence-corrected chi connectivity index (χ3v) is 3.65. The molecule has 0 spiro atoms. The quantitative estimate of drug-likeness (QED) is 0.768. The molecule has 5 nitrogen and oxygen atoms in total. The zero-order valence-corrected chi connectivity index (χ0v) is 14.8. The maximum atomic E-state index is 12.4. The summed E-state index contributed by atoms with van der Waals surface area (Å²) in [5.74, 6) is 0.970. The Kier molecular flexibility index (Phi) is 5.50. The van der Waals surface area contributed by atoms with E-state index in [1.54, 1.807) is 36.4 Å². The number of hydrogen-bond donors (Lipinski definition) is 2. The van der Waals surface area contributed by atoms with E-state index in [0.717, 1.165) is 5.75 Å². The third-order valence-electron chi connectivity index (χ3n) is 3.02. The number of carbonyl (C=O) groups excluding carboxylic acids is 1. The van der Waals surface area contributed by atoms with Crippen LogP contribution in [0.2, 0.25) is 0 Å². The number of amides is 1. The van der Waals surface area contributed by atoms with Gasteiger partial charge in [-0.1, -0.05) is 0 Å². The van der Waals surface area contributed by atoms with Crippen LogP contribution in [-0.2, 0) is 0 Å². The molecule has 1 amide bonds. The molecule has 0 fully saturated rings. The van der Waals surface area contributed by atoms with E-state index >= 15 is 0 Å². The Hall–Kier alpha value is -2.21. The minimum absolute atomic E-state index is 0.0877. The molecule has 3 N–H and O–H groups in total. The molecule has 2 aromatic carbocycles. The summed E-state index contributed by atoms with van der Waals surface area (Å²) < 4.78 is 11.5. The van der Waals surface area contributed by atoms with Crippen molar-refractivity contribution in [2.45, 2.75) is 20.0 Å². The molecule has 0 heterocycles. The summed E-state index contributed by atoms with van der Waals surface area (Å²) in [6, 6.07) is 10.3. The molecule has 0 aliphatic carbocycles. The van der Waals surface area contributed by atoms with Gasteiger partial charge in [0.2, 0.25) is 0 Å². The highest BCUT2D eigenvalue weighted by molar-refractivity contribution is 9.10. The van der Waals surface area contributed by atoms with Gasteiger partial charge >= 0.3 is 0 Å². The van der Waals surface area contributed by atoms with Crippen molar-refractivity contribution < 1.29 is 14.3 Å². The van der Waals surface area contributed by atoms with Gasteiger partial charge in [-0.3, -0.25) is 4.79 Å². The second-order valence-corrected chi connectivity index (χ2v) is 6.08. The summed E-state index contributed by atoms with van der Waals surface area (Å²) >= 11 is 3.38. The normalized spacial score (nSPS) is 10.5. The molecule has 0 atom stereocenters. The molecule has 0 saturated heterocycles. The third kappa shape index (κ3) is 4.39. The van der Waals surface area contributed by atoms with E-state index in [1.807, 2.05) is 13.8 Å². The first-order valence-corrected chi connectivity index (χ1v) is 7.91. The van der Waals surface area contributed by atoms with Crippen molar-refractivity contribution in [3.05, 3.63) is 46.4 Å². The summed E-state index contributed by atoms with van der Waals surface area (Å²) in [6.45, 7) is 3.90. The molecule has 0 aliphatic rings. The molecule has 0 aliphatic heterocycles. The minimum atomic E-state index is -0.245. The van der Waals surface area contributed by atoms with Gasteiger partial charge in [0, 0.05) is 21.8 Å². The number of methoxy groups -OCH3 is 1. The van der Waals surface area contributed by atoms with Crippen molar-refractivity contribution in [1.29, 1.82) is 0 Å². The molecule has 2 rings (SSSR count). The fraction of sp³-hybridized carbons (Fsp3) is 0.235. The average molecular weight is 379 g/mol. The van der Waals surface area contributed by atoms with E-state index in [9.17, 15) is 4.79 Å². The molecule has 2 aromatic rings. The van der Waals surface area contributed by atoms with Crippen LogP contribution in [0.5, 0.6) is 11.5 Å². The first kappa shape index (κ1) is 17.1. The predicted molar refractivity (Wildman–Crippen MR) is 95.3 cm³/mol. The molecule has 6 heteroatoms. The lowest BCUT2D eigenvalue weighted by molar-refractivity contribution is 0.102. The van der Waals surface area contributed by atoms with Gasteiger partial charge in [-0.15, -0.1) is 0 Å². The Balaban J connectivity index is 2.19. The molecule has 0 aromatic heterocycles. The van der Waals surface area contributed by atoms with Crippen LogP contribution in [0.1, 0.15) is 24.2 Å². The minimum Gasteiger partial charge on any atom is -0.494 e. The van der Waals surface area contributed by atoms with Crippen LogP contribution in [0.3, 0.4) is 0 Å². The van der Waals surface area contributed by atoms with Crippen LogP contribution in [-0.4, -0.2) is 19.1 Å². The molecular weight excluding hydrogens is 360 g/mol. The smallest absolute Gasteiger partial charge is 0.255 e. The standard InChI is InChI=1S/C17H19BrN2O3/c1-10(2)23-13-6-4-11(5-7-13)17(21)20-16-14(18)8-12(19)9-15(16)22-3/h4-10H,19H2,1-3H3,(H,20,21). The van der Waals surface area contributed by atoms with Gasteiger partial charge in [-0.05, 0) is 60.1 Å². The molecule has 122 valence electrons. The van der Waals surface area contributed by atoms with Crippen LogP contribution in [0.15, 0.2) is 40.9 Å². The number of nitrogen functional groups attached to an aromatic ring is 1. The summed E-state index contributed by atoms with van der Waals surface area (Å²) in [7, 11) is 1.52. The van der Waals surface area contributed by atoms with Gasteiger partial charge in [0.15, 0.2) is 0 Å². The van der Waals surface area contributed by atoms with Crippen LogP contribution in [0.4, 0.5) is 11.4 Å². The Morgan fingerprint density at radius 2 is 1.87 bits per heavy atom. The SMILES string of the molecule is COc1cc(N)cc(Br)c1NC(=O)c1ccc(OC(C)C)cc1. The van der Waals surface area contributed by atoms with Crippen LogP contribution < -0.4 is 20.5 Å². The Bertz CT molecular complexity index is 700. The maximum absolute atomic E-state index is 12.4. The van der Waals surface area contributed by atoms with Gasteiger partial charge in [0.1, 0.15) is 11.5 Å². The molecule has 0 saturated carbocycles. The molecule has 0 bridgehead atoms. The van der Waals surface area contributed by atoms with E-state index in [4.69, 9.17) is 15.2 Å². The van der Waals surface area contributed by atoms with E-state index in [1.165, 1.54) is 7.11 Å². The molecule has 0 radical (unpaired) electrons. The maximum Gasteiger partial charge on any atom is 0.255 e. The van der Waals surface area contributed by atoms with Gasteiger partial charge in [0.05, 0.1) is 18.9 Å². The lowest BCUT2D eigenvalue weighted by atomic mass is 10.2. The summed E-state index contributed by atoms with van der Waals surface area (Å²) in [6.07, 6.45) is 0.0877. The van der Waals surface area contributed by atoms with E-state index < -0.39 is 0 Å². The van der Waals surface area contributed by atoms with Gasteiger partial charge in [-0.25, -0.2) is 0 Å². The molecule has 0 unspecified atom stereocenters. The molecular formula is C17H19BrN2O3. The summed E-state index contributed by atoms with van der Waals surface area (Å²) in [4.78, 5) is 12.4. The Labute approximate surface area is 143 Å². The van der Waals surface area contributed by atoms with Crippen molar-refractivity contribution in [2.75, 3.05) is 18.2 Å². The topological polar surface area (TPSA) is 73.6 Å². The number of rotatable bonds is 5. The number of benzene rings is 2. The van der Waals surface area contributed by atoms with Gasteiger partial charge in [-0.2, -0.15) is 0 Å². The number of nitrogens with two attached hydrogens (primary N) is 1. The van der Waals surface area contributed by atoms with E-state index in [0.29, 0.717) is 27.2 Å². The van der Waals surface area contributed by atoms with E-state index in [2.05, 4.69) is 21.2 Å². The average Bonchev–Trinajstić information content (AvgIpc) is 2.49. The number of carbonyl (C=O) groups is 1. The number of halogens is 1. The van der Waals surface area contributed by atoms with Crippen molar-refractivity contribution in [2.24, 2.45) is 0 Å². The van der Waals surface area contributed by atoms with Crippen molar-refractivity contribution >= 4 is 33.2 Å². The van der Waals surface area contributed by atoms with Crippen LogP contribution >= 0.6 is 15.9 Å². The zero-order valence-electron chi connectivity index (χ0n) is 13.2. The number of nitrogens with one attached hydrogen (secondary N) is 1. The van der Waals surface area contributed by atoms with Gasteiger partial charge < -0.3 is 20.5 Å². The van der Waals surface area contributed by atoms with Crippen LogP contribution in [0, 0.1) is 0 Å². The Morgan fingerprint density at radius 3 is 2.43 bits per heavy atom. The number of ether oxygens (including phenoxy) is 2. The van der Waals surface area contributed by atoms with Crippen molar-refractivity contribution in [3.8, 4) is 11.5 Å². The Morgan fingerprint density at radius 1 is 1.22 bits per heavy atom.